The number of benzene rings is 1. The largest absolute Gasteiger partial charge is 0.506 e. The van der Waals surface area contributed by atoms with E-state index in [2.05, 4.69) is 0 Å². The minimum absolute atomic E-state index is 0.225. The van der Waals surface area contributed by atoms with E-state index in [0.717, 1.165) is 11.3 Å². The monoisotopic (exact) mass is 166 g/mol. The van der Waals surface area contributed by atoms with Crippen molar-refractivity contribution in [1.82, 2.24) is 0 Å². The molecule has 0 radical (unpaired) electrons. The van der Waals surface area contributed by atoms with Crippen molar-refractivity contribution in [3.63, 3.8) is 0 Å². The molecule has 1 aromatic rings. The zero-order valence-corrected chi connectivity index (χ0v) is 7.63. The fourth-order valence-electron chi connectivity index (χ4n) is 1.06. The second kappa shape index (κ2) is 2.93. The van der Waals surface area contributed by atoms with E-state index in [9.17, 15) is 5.11 Å². The lowest BCUT2D eigenvalue weighted by molar-refractivity contribution is 0.476. The van der Waals surface area contributed by atoms with E-state index < -0.39 is 0 Å². The van der Waals surface area contributed by atoms with E-state index in [4.69, 9.17) is 5.73 Å². The van der Waals surface area contributed by atoms with E-state index in [1.54, 1.807) is 6.07 Å². The molecule has 0 bridgehead atoms. The molecule has 0 saturated carbocycles. The summed E-state index contributed by atoms with van der Waals surface area (Å²) in [5.41, 5.74) is 8.01. The highest BCUT2D eigenvalue weighted by Gasteiger charge is 2.05. The molecule has 0 heterocycles. The first-order chi connectivity index (χ1) is 5.52. The molecule has 1 aromatic carbocycles. The van der Waals surface area contributed by atoms with Crippen molar-refractivity contribution in [1.29, 1.82) is 0 Å². The first-order valence-corrected chi connectivity index (χ1v) is 3.79. The number of aryl methyl sites for hydroxylation is 1. The number of phenols is 1. The number of nitrogens with zero attached hydrogens (tertiary/aromatic N) is 1. The molecule has 0 atom stereocenters. The van der Waals surface area contributed by atoms with Crippen LogP contribution in [0.15, 0.2) is 12.1 Å². The predicted molar refractivity (Wildman–Crippen MR) is 51.6 cm³/mol. The molecular formula is C9H14N2O. The van der Waals surface area contributed by atoms with Gasteiger partial charge >= 0.3 is 0 Å². The molecule has 0 unspecified atom stereocenters. The van der Waals surface area contributed by atoms with Crippen molar-refractivity contribution in [2.24, 2.45) is 0 Å². The van der Waals surface area contributed by atoms with Gasteiger partial charge in [-0.25, -0.2) is 0 Å². The van der Waals surface area contributed by atoms with Crippen LogP contribution in [-0.2, 0) is 0 Å². The van der Waals surface area contributed by atoms with E-state index >= 15 is 0 Å². The fraction of sp³-hybridized carbons (Fsp3) is 0.333. The third kappa shape index (κ3) is 1.44. The summed E-state index contributed by atoms with van der Waals surface area (Å²) >= 11 is 0. The lowest BCUT2D eigenvalue weighted by Gasteiger charge is -2.15. The maximum Gasteiger partial charge on any atom is 0.140 e. The Morgan fingerprint density at radius 2 is 1.92 bits per heavy atom. The van der Waals surface area contributed by atoms with Crippen molar-refractivity contribution in [2.45, 2.75) is 6.92 Å². The summed E-state index contributed by atoms with van der Waals surface area (Å²) in [6.07, 6.45) is 0. The van der Waals surface area contributed by atoms with Gasteiger partial charge in [-0.2, -0.15) is 0 Å². The third-order valence-electron chi connectivity index (χ3n) is 1.85. The molecule has 12 heavy (non-hydrogen) atoms. The zero-order valence-electron chi connectivity index (χ0n) is 7.63. The van der Waals surface area contributed by atoms with Gasteiger partial charge in [-0.15, -0.1) is 0 Å². The Morgan fingerprint density at radius 3 is 2.42 bits per heavy atom. The summed E-state index contributed by atoms with van der Waals surface area (Å²) in [6, 6.07) is 3.44. The molecule has 0 aliphatic carbocycles. The zero-order chi connectivity index (χ0) is 9.30. The Bertz CT molecular complexity index is 295. The maximum absolute atomic E-state index is 9.46. The number of rotatable bonds is 1. The first kappa shape index (κ1) is 8.71. The normalized spacial score (nSPS) is 9.92. The average molecular weight is 166 g/mol. The number of aromatic hydroxyl groups is 1. The number of phenolic OH excluding ortho intramolecular Hbond substituents is 1. The van der Waals surface area contributed by atoms with Gasteiger partial charge in [-0.3, -0.25) is 0 Å². The van der Waals surface area contributed by atoms with Crippen LogP contribution >= 0.6 is 0 Å². The molecule has 3 heteroatoms. The number of hydrogen-bond acceptors (Lipinski definition) is 3. The maximum atomic E-state index is 9.46. The van der Waals surface area contributed by atoms with Crippen LogP contribution in [0.4, 0.5) is 11.4 Å². The average Bonchev–Trinajstić information content (AvgIpc) is 1.96. The SMILES string of the molecule is Cc1cc(N(C)C)c(O)cc1N. The molecule has 3 nitrogen and oxygen atoms in total. The predicted octanol–water partition coefficient (Wildman–Crippen LogP) is 1.35. The van der Waals surface area contributed by atoms with Gasteiger partial charge in [-0.1, -0.05) is 0 Å². The standard InChI is InChI=1S/C9H14N2O/c1-6-4-8(11(2)3)9(12)5-7(6)10/h4-5,12H,10H2,1-3H3. The molecule has 1 rings (SSSR count). The van der Waals surface area contributed by atoms with Crippen LogP contribution in [0.3, 0.4) is 0 Å². The lowest BCUT2D eigenvalue weighted by Crippen LogP contribution is -2.09. The summed E-state index contributed by atoms with van der Waals surface area (Å²) in [6.45, 7) is 1.92. The number of nitrogens with two attached hydrogens (primary N) is 1. The van der Waals surface area contributed by atoms with E-state index in [-0.39, 0.29) is 5.75 Å². The molecule has 0 aliphatic rings. The molecule has 0 aromatic heterocycles. The van der Waals surface area contributed by atoms with Crippen molar-refractivity contribution in [2.75, 3.05) is 24.7 Å². The molecule has 0 saturated heterocycles. The summed E-state index contributed by atoms with van der Waals surface area (Å²) < 4.78 is 0. The molecule has 3 N–H and O–H groups in total. The van der Waals surface area contributed by atoms with Crippen LogP contribution in [0.5, 0.6) is 5.75 Å². The first-order valence-electron chi connectivity index (χ1n) is 3.79. The fourth-order valence-corrected chi connectivity index (χ4v) is 1.06. The van der Waals surface area contributed by atoms with Crippen LogP contribution in [0.25, 0.3) is 0 Å². The number of hydrogen-bond donors (Lipinski definition) is 2. The van der Waals surface area contributed by atoms with Crippen LogP contribution in [0, 0.1) is 6.92 Å². The van der Waals surface area contributed by atoms with Crippen LogP contribution < -0.4 is 10.6 Å². The molecule has 0 amide bonds. The minimum Gasteiger partial charge on any atom is -0.506 e. The van der Waals surface area contributed by atoms with Gasteiger partial charge in [-0.05, 0) is 18.6 Å². The lowest BCUT2D eigenvalue weighted by atomic mass is 10.1. The highest BCUT2D eigenvalue weighted by atomic mass is 16.3. The smallest absolute Gasteiger partial charge is 0.140 e. The van der Waals surface area contributed by atoms with Crippen molar-refractivity contribution in [3.8, 4) is 5.75 Å². The van der Waals surface area contributed by atoms with Gasteiger partial charge in [0.05, 0.1) is 5.69 Å². The quantitative estimate of drug-likeness (QED) is 0.619. The van der Waals surface area contributed by atoms with Gasteiger partial charge in [0, 0.05) is 25.8 Å². The molecule has 0 fully saturated rings. The van der Waals surface area contributed by atoms with Crippen LogP contribution in [-0.4, -0.2) is 19.2 Å². The van der Waals surface area contributed by atoms with Crippen LogP contribution in [0.1, 0.15) is 5.56 Å². The van der Waals surface area contributed by atoms with Crippen LogP contribution in [0.2, 0.25) is 0 Å². The number of nitrogen functional groups attached to an aromatic ring is 1. The molecule has 66 valence electrons. The van der Waals surface area contributed by atoms with E-state index in [1.807, 2.05) is 32.0 Å². The topological polar surface area (TPSA) is 49.5 Å². The Hall–Kier alpha value is -1.38. The Kier molecular flexibility index (Phi) is 2.13. The van der Waals surface area contributed by atoms with Gasteiger partial charge < -0.3 is 15.7 Å². The highest BCUT2D eigenvalue weighted by Crippen LogP contribution is 2.30. The number of anilines is 2. The molecule has 0 aliphatic heterocycles. The molecular weight excluding hydrogens is 152 g/mol. The van der Waals surface area contributed by atoms with E-state index in [0.29, 0.717) is 5.69 Å². The second-order valence-corrected chi connectivity index (χ2v) is 3.09. The van der Waals surface area contributed by atoms with Crippen molar-refractivity contribution < 1.29 is 5.11 Å². The summed E-state index contributed by atoms with van der Waals surface area (Å²) in [5, 5.41) is 9.46. The summed E-state index contributed by atoms with van der Waals surface area (Å²) in [7, 11) is 3.76. The molecule has 0 spiro atoms. The Morgan fingerprint density at radius 1 is 1.33 bits per heavy atom. The Balaban J connectivity index is 3.23. The third-order valence-corrected chi connectivity index (χ3v) is 1.85. The van der Waals surface area contributed by atoms with Gasteiger partial charge in [0.1, 0.15) is 5.75 Å². The minimum atomic E-state index is 0.225. The highest BCUT2D eigenvalue weighted by molar-refractivity contribution is 5.66. The summed E-state index contributed by atoms with van der Waals surface area (Å²) in [5.74, 6) is 0.225. The van der Waals surface area contributed by atoms with E-state index in [1.165, 1.54) is 0 Å². The van der Waals surface area contributed by atoms with Gasteiger partial charge in [0.25, 0.3) is 0 Å². The van der Waals surface area contributed by atoms with Crippen molar-refractivity contribution >= 4 is 11.4 Å². The van der Waals surface area contributed by atoms with Gasteiger partial charge in [0.15, 0.2) is 0 Å². The second-order valence-electron chi connectivity index (χ2n) is 3.09. The van der Waals surface area contributed by atoms with Crippen molar-refractivity contribution in [3.05, 3.63) is 17.7 Å². The summed E-state index contributed by atoms with van der Waals surface area (Å²) in [4.78, 5) is 1.85. The van der Waals surface area contributed by atoms with Gasteiger partial charge in [0.2, 0.25) is 0 Å². The Labute approximate surface area is 72.4 Å².